The fraction of sp³-hybridized carbons (Fsp3) is 0.350. The number of nitrogens with zero attached hydrogens (tertiary/aromatic N) is 2. The Hall–Kier alpha value is -2.89. The number of likely N-dealkylation sites (N-methyl/N-ethyl adjacent to an activating group) is 1. The molecule has 4 rings (SSSR count). The molecule has 2 aliphatic rings. The van der Waals surface area contributed by atoms with Crippen molar-refractivity contribution in [3.8, 4) is 5.75 Å². The Morgan fingerprint density at radius 2 is 2.00 bits per heavy atom. The van der Waals surface area contributed by atoms with Crippen molar-refractivity contribution >= 4 is 17.5 Å². The summed E-state index contributed by atoms with van der Waals surface area (Å²) in [6.45, 7) is 0.0941. The number of aryl methyl sites for hydroxylation is 2. The number of nitrogens with one attached hydrogen (secondary N) is 1. The van der Waals surface area contributed by atoms with Gasteiger partial charge in [-0.3, -0.25) is 9.59 Å². The molecule has 1 aromatic heterocycles. The molecule has 0 saturated carbocycles. The van der Waals surface area contributed by atoms with Crippen LogP contribution in [0.5, 0.6) is 5.75 Å². The van der Waals surface area contributed by atoms with Gasteiger partial charge in [0.25, 0.3) is 11.8 Å². The molecule has 0 radical (unpaired) electrons. The third kappa shape index (κ3) is 3.03. The highest BCUT2D eigenvalue weighted by molar-refractivity contribution is 6.02. The summed E-state index contributed by atoms with van der Waals surface area (Å²) >= 11 is 0. The number of ether oxygens (including phenoxy) is 1. The van der Waals surface area contributed by atoms with Crippen molar-refractivity contribution in [3.05, 3.63) is 53.3 Å². The van der Waals surface area contributed by atoms with E-state index in [1.54, 1.807) is 13.1 Å². The topological polar surface area (TPSA) is 71.5 Å². The monoisotopic (exact) mass is 351 g/mol. The van der Waals surface area contributed by atoms with Gasteiger partial charge in [-0.15, -0.1) is 0 Å². The zero-order valence-corrected chi connectivity index (χ0v) is 14.7. The van der Waals surface area contributed by atoms with E-state index in [4.69, 9.17) is 4.74 Å². The summed E-state index contributed by atoms with van der Waals surface area (Å²) in [6, 6.07) is 10.3. The number of carbonyl (C=O) groups excluding carboxylic acids is 2. The third-order valence-electron chi connectivity index (χ3n) is 4.98. The summed E-state index contributed by atoms with van der Waals surface area (Å²) < 4.78 is 5.73. The van der Waals surface area contributed by atoms with Crippen LogP contribution in [-0.4, -0.2) is 36.5 Å². The lowest BCUT2D eigenvalue weighted by molar-refractivity contribution is -0.120. The zero-order chi connectivity index (χ0) is 18.1. The summed E-state index contributed by atoms with van der Waals surface area (Å²) in [6.07, 6.45) is 4.19. The second-order valence-corrected chi connectivity index (χ2v) is 6.71. The predicted molar refractivity (Wildman–Crippen MR) is 97.5 cm³/mol. The van der Waals surface area contributed by atoms with Crippen LogP contribution in [0.25, 0.3) is 0 Å². The first-order valence-corrected chi connectivity index (χ1v) is 8.92. The number of aromatic nitrogens is 1. The first-order valence-electron chi connectivity index (χ1n) is 8.92. The lowest BCUT2D eigenvalue weighted by Gasteiger charge is -2.20. The van der Waals surface area contributed by atoms with E-state index in [-0.39, 0.29) is 18.4 Å². The molecule has 1 atom stereocenters. The highest BCUT2D eigenvalue weighted by Gasteiger charge is 2.31. The van der Waals surface area contributed by atoms with Gasteiger partial charge in [0, 0.05) is 12.7 Å². The Morgan fingerprint density at radius 1 is 1.19 bits per heavy atom. The molecule has 0 saturated heterocycles. The zero-order valence-electron chi connectivity index (χ0n) is 14.7. The molecule has 1 N–H and O–H groups in total. The Morgan fingerprint density at radius 3 is 2.88 bits per heavy atom. The molecule has 6 heteroatoms. The van der Waals surface area contributed by atoms with Gasteiger partial charge in [0.05, 0.1) is 5.69 Å². The van der Waals surface area contributed by atoms with E-state index in [1.165, 1.54) is 16.9 Å². The summed E-state index contributed by atoms with van der Waals surface area (Å²) in [5, 5.41) is 2.78. The summed E-state index contributed by atoms with van der Waals surface area (Å²) in [5.41, 5.74) is 3.26. The van der Waals surface area contributed by atoms with E-state index in [1.807, 2.05) is 30.3 Å². The van der Waals surface area contributed by atoms with Crippen molar-refractivity contribution in [1.29, 1.82) is 0 Å². The van der Waals surface area contributed by atoms with Gasteiger partial charge in [0.15, 0.2) is 0 Å². The fourth-order valence-corrected chi connectivity index (χ4v) is 3.50. The second kappa shape index (κ2) is 6.78. The summed E-state index contributed by atoms with van der Waals surface area (Å²) in [7, 11) is 1.69. The molecule has 0 fully saturated rings. The largest absolute Gasteiger partial charge is 0.489 e. The van der Waals surface area contributed by atoms with Crippen molar-refractivity contribution in [2.75, 3.05) is 18.6 Å². The van der Waals surface area contributed by atoms with Crippen molar-refractivity contribution in [1.82, 2.24) is 10.3 Å². The van der Waals surface area contributed by atoms with Gasteiger partial charge >= 0.3 is 0 Å². The van der Waals surface area contributed by atoms with Gasteiger partial charge in [-0.25, -0.2) is 4.98 Å². The van der Waals surface area contributed by atoms with Gasteiger partial charge in [-0.1, -0.05) is 18.2 Å². The number of para-hydroxylation sites is 2. The molecule has 1 aliphatic carbocycles. The van der Waals surface area contributed by atoms with Crippen LogP contribution in [0.3, 0.4) is 0 Å². The van der Waals surface area contributed by atoms with E-state index in [0.717, 1.165) is 25.0 Å². The molecule has 2 amide bonds. The second-order valence-electron chi connectivity index (χ2n) is 6.71. The first kappa shape index (κ1) is 16.6. The quantitative estimate of drug-likeness (QED) is 0.900. The smallest absolute Gasteiger partial charge is 0.270 e. The van der Waals surface area contributed by atoms with Crippen molar-refractivity contribution in [2.24, 2.45) is 0 Å². The summed E-state index contributed by atoms with van der Waals surface area (Å²) in [5.74, 6) is 0.0768. The number of hydrogen-bond donors (Lipinski definition) is 1. The van der Waals surface area contributed by atoms with Crippen LogP contribution < -0.4 is 15.0 Å². The molecule has 0 bridgehead atoms. The van der Waals surface area contributed by atoms with Crippen molar-refractivity contribution in [3.63, 3.8) is 0 Å². The van der Waals surface area contributed by atoms with Gasteiger partial charge < -0.3 is 15.0 Å². The summed E-state index contributed by atoms with van der Waals surface area (Å²) in [4.78, 5) is 31.4. The van der Waals surface area contributed by atoms with E-state index >= 15 is 0 Å². The molecule has 1 aliphatic heterocycles. The van der Waals surface area contributed by atoms with Crippen molar-refractivity contribution in [2.45, 2.75) is 31.7 Å². The minimum atomic E-state index is -0.752. The van der Waals surface area contributed by atoms with Crippen LogP contribution in [0.4, 0.5) is 5.69 Å². The number of amides is 2. The highest BCUT2D eigenvalue weighted by Crippen LogP contribution is 2.29. The van der Waals surface area contributed by atoms with Crippen LogP contribution in [-0.2, 0) is 17.6 Å². The molecule has 134 valence electrons. The minimum Gasteiger partial charge on any atom is -0.489 e. The third-order valence-corrected chi connectivity index (χ3v) is 4.98. The molecular formula is C20H21N3O3. The number of carbonyl (C=O) groups is 2. The molecule has 1 aromatic carbocycles. The van der Waals surface area contributed by atoms with Crippen molar-refractivity contribution < 1.29 is 14.3 Å². The number of benzene rings is 1. The Balaban J connectivity index is 1.52. The number of pyridine rings is 1. The highest BCUT2D eigenvalue weighted by atomic mass is 16.5. The van der Waals surface area contributed by atoms with E-state index < -0.39 is 6.04 Å². The standard InChI is InChI=1S/C20H21N3O3/c1-23-17-8-4-5-9-18(17)26-12-16(20(23)25)22-19(24)15-11-10-13-6-2-3-7-14(13)21-15/h4-5,8-11,16H,2-3,6-7,12H2,1H3,(H,22,24). The SMILES string of the molecule is CN1C(=O)C(NC(=O)c2ccc3c(n2)CCCC3)COc2ccccc21. The van der Waals surface area contributed by atoms with Crippen LogP contribution in [0.2, 0.25) is 0 Å². The predicted octanol–water partition coefficient (Wildman–Crippen LogP) is 2.11. The Bertz CT molecular complexity index is 865. The molecule has 0 spiro atoms. The maximum atomic E-state index is 12.7. The van der Waals surface area contributed by atoms with Gasteiger partial charge in [0.2, 0.25) is 0 Å². The lowest BCUT2D eigenvalue weighted by Crippen LogP contribution is -2.49. The Labute approximate surface area is 152 Å². The van der Waals surface area contributed by atoms with Crippen LogP contribution >= 0.6 is 0 Å². The molecule has 2 aromatic rings. The van der Waals surface area contributed by atoms with Gasteiger partial charge in [-0.05, 0) is 49.4 Å². The van der Waals surface area contributed by atoms with Crippen LogP contribution in [0.15, 0.2) is 36.4 Å². The first-order chi connectivity index (χ1) is 12.6. The molecule has 1 unspecified atom stereocenters. The maximum absolute atomic E-state index is 12.7. The number of hydrogen-bond acceptors (Lipinski definition) is 4. The van der Waals surface area contributed by atoms with Gasteiger partial charge in [0.1, 0.15) is 24.1 Å². The van der Waals surface area contributed by atoms with Crippen LogP contribution in [0, 0.1) is 0 Å². The minimum absolute atomic E-state index is 0.0941. The van der Waals surface area contributed by atoms with E-state index in [2.05, 4.69) is 10.3 Å². The number of anilines is 1. The fourth-order valence-electron chi connectivity index (χ4n) is 3.50. The van der Waals surface area contributed by atoms with Crippen LogP contribution in [0.1, 0.15) is 34.6 Å². The van der Waals surface area contributed by atoms with E-state index in [0.29, 0.717) is 17.1 Å². The lowest BCUT2D eigenvalue weighted by atomic mass is 9.96. The molecule has 26 heavy (non-hydrogen) atoms. The normalized spacial score (nSPS) is 19.0. The van der Waals surface area contributed by atoms with Gasteiger partial charge in [-0.2, -0.15) is 0 Å². The maximum Gasteiger partial charge on any atom is 0.270 e. The molecular weight excluding hydrogens is 330 g/mol. The average Bonchev–Trinajstić information content (AvgIpc) is 2.80. The average molecular weight is 351 g/mol. The Kier molecular flexibility index (Phi) is 4.32. The molecule has 6 nitrogen and oxygen atoms in total. The number of fused-ring (bicyclic) bond motifs is 2. The molecule has 2 heterocycles. The van der Waals surface area contributed by atoms with E-state index in [9.17, 15) is 9.59 Å². The number of rotatable bonds is 2.